The van der Waals surface area contributed by atoms with E-state index in [1.54, 1.807) is 6.07 Å². The highest BCUT2D eigenvalue weighted by atomic mass is 79.9. The second-order valence-electron chi connectivity index (χ2n) is 4.27. The number of carbonyl (C=O) groups is 1. The van der Waals surface area contributed by atoms with Crippen molar-refractivity contribution >= 4 is 21.9 Å². The first kappa shape index (κ1) is 13.8. The van der Waals surface area contributed by atoms with Crippen LogP contribution in [0.25, 0.3) is 0 Å². The van der Waals surface area contributed by atoms with Crippen molar-refractivity contribution in [2.75, 3.05) is 7.11 Å². The van der Waals surface area contributed by atoms with E-state index in [0.29, 0.717) is 12.0 Å². The lowest BCUT2D eigenvalue weighted by atomic mass is 9.99. The SMILES string of the molecule is COC(=O)c1ccc(Br)cc1Cc1c(C)noc1C. The van der Waals surface area contributed by atoms with Gasteiger partial charge in [-0.1, -0.05) is 21.1 Å². The number of esters is 1. The Morgan fingerprint density at radius 1 is 1.42 bits per heavy atom. The quantitative estimate of drug-likeness (QED) is 0.812. The van der Waals surface area contributed by atoms with Crippen molar-refractivity contribution < 1.29 is 14.1 Å². The predicted molar refractivity (Wildman–Crippen MR) is 74.3 cm³/mol. The first-order chi connectivity index (χ1) is 9.02. The van der Waals surface area contributed by atoms with E-state index in [2.05, 4.69) is 21.1 Å². The van der Waals surface area contributed by atoms with Gasteiger partial charge in [0.25, 0.3) is 0 Å². The number of aromatic nitrogens is 1. The highest BCUT2D eigenvalue weighted by molar-refractivity contribution is 9.10. The van der Waals surface area contributed by atoms with Gasteiger partial charge in [0, 0.05) is 16.5 Å². The zero-order valence-corrected chi connectivity index (χ0v) is 12.6. The molecule has 0 bridgehead atoms. The summed E-state index contributed by atoms with van der Waals surface area (Å²) in [7, 11) is 1.38. The maximum absolute atomic E-state index is 11.8. The lowest BCUT2D eigenvalue weighted by Gasteiger charge is -2.08. The fourth-order valence-corrected chi connectivity index (χ4v) is 2.37. The van der Waals surface area contributed by atoms with Gasteiger partial charge in [0.1, 0.15) is 5.76 Å². The maximum Gasteiger partial charge on any atom is 0.338 e. The number of hydrogen-bond donors (Lipinski definition) is 0. The number of ether oxygens (including phenoxy) is 1. The summed E-state index contributed by atoms with van der Waals surface area (Å²) in [5.41, 5.74) is 3.29. The molecule has 0 aliphatic carbocycles. The number of rotatable bonds is 3. The molecule has 0 aliphatic heterocycles. The number of halogens is 1. The summed E-state index contributed by atoms with van der Waals surface area (Å²) in [6.45, 7) is 3.76. The van der Waals surface area contributed by atoms with Crippen molar-refractivity contribution in [1.82, 2.24) is 5.16 Å². The monoisotopic (exact) mass is 323 g/mol. The van der Waals surface area contributed by atoms with Crippen molar-refractivity contribution in [3.63, 3.8) is 0 Å². The second-order valence-corrected chi connectivity index (χ2v) is 5.19. The van der Waals surface area contributed by atoms with Gasteiger partial charge in [-0.15, -0.1) is 0 Å². The molecule has 2 aromatic rings. The van der Waals surface area contributed by atoms with E-state index in [9.17, 15) is 4.79 Å². The number of methoxy groups -OCH3 is 1. The van der Waals surface area contributed by atoms with Gasteiger partial charge in [-0.05, 0) is 37.6 Å². The van der Waals surface area contributed by atoms with Gasteiger partial charge in [0.05, 0.1) is 18.4 Å². The number of nitrogens with zero attached hydrogens (tertiary/aromatic N) is 1. The molecule has 0 N–H and O–H groups in total. The summed E-state index contributed by atoms with van der Waals surface area (Å²) in [5.74, 6) is 0.433. The van der Waals surface area contributed by atoms with E-state index in [-0.39, 0.29) is 5.97 Å². The minimum atomic E-state index is -0.339. The van der Waals surface area contributed by atoms with Crippen LogP contribution in [-0.4, -0.2) is 18.2 Å². The third-order valence-corrected chi connectivity index (χ3v) is 3.51. The molecule has 4 nitrogen and oxygen atoms in total. The number of hydrogen-bond acceptors (Lipinski definition) is 4. The Balaban J connectivity index is 2.44. The van der Waals surface area contributed by atoms with Gasteiger partial charge < -0.3 is 9.26 Å². The van der Waals surface area contributed by atoms with E-state index in [1.807, 2.05) is 26.0 Å². The van der Waals surface area contributed by atoms with Crippen molar-refractivity contribution in [2.24, 2.45) is 0 Å². The fraction of sp³-hybridized carbons (Fsp3) is 0.286. The molecule has 0 saturated carbocycles. The van der Waals surface area contributed by atoms with Crippen molar-refractivity contribution in [3.8, 4) is 0 Å². The average Bonchev–Trinajstić information content (AvgIpc) is 2.70. The lowest BCUT2D eigenvalue weighted by molar-refractivity contribution is 0.0599. The molecule has 100 valence electrons. The van der Waals surface area contributed by atoms with E-state index < -0.39 is 0 Å². The molecule has 1 aromatic heterocycles. The highest BCUT2D eigenvalue weighted by Crippen LogP contribution is 2.23. The minimum Gasteiger partial charge on any atom is -0.465 e. The van der Waals surface area contributed by atoms with Crippen LogP contribution < -0.4 is 0 Å². The third kappa shape index (κ3) is 2.87. The molecule has 1 heterocycles. The molecule has 0 saturated heterocycles. The number of benzene rings is 1. The number of aryl methyl sites for hydroxylation is 2. The van der Waals surface area contributed by atoms with Crippen LogP contribution in [-0.2, 0) is 11.2 Å². The van der Waals surface area contributed by atoms with Gasteiger partial charge in [0.15, 0.2) is 0 Å². The predicted octanol–water partition coefficient (Wildman–Crippen LogP) is 3.43. The second kappa shape index (κ2) is 5.57. The molecule has 2 rings (SSSR count). The van der Waals surface area contributed by atoms with E-state index >= 15 is 0 Å². The normalized spacial score (nSPS) is 10.5. The Bertz CT molecular complexity index is 600. The van der Waals surface area contributed by atoms with Crippen molar-refractivity contribution in [1.29, 1.82) is 0 Å². The first-order valence-corrected chi connectivity index (χ1v) is 6.60. The Labute approximate surface area is 119 Å². The summed E-state index contributed by atoms with van der Waals surface area (Å²) in [6.07, 6.45) is 0.588. The molecule has 0 fully saturated rings. The van der Waals surface area contributed by atoms with E-state index in [0.717, 1.165) is 27.1 Å². The van der Waals surface area contributed by atoms with Crippen LogP contribution >= 0.6 is 15.9 Å². The molecule has 19 heavy (non-hydrogen) atoms. The molecule has 0 unspecified atom stereocenters. The molecule has 5 heteroatoms. The van der Waals surface area contributed by atoms with Crippen LogP contribution in [0.4, 0.5) is 0 Å². The molecule has 1 aromatic carbocycles. The lowest BCUT2D eigenvalue weighted by Crippen LogP contribution is -2.06. The average molecular weight is 324 g/mol. The molecule has 0 aliphatic rings. The molecule has 0 radical (unpaired) electrons. The van der Waals surface area contributed by atoms with Gasteiger partial charge in [-0.25, -0.2) is 4.79 Å². The third-order valence-electron chi connectivity index (χ3n) is 3.02. The van der Waals surface area contributed by atoms with Gasteiger partial charge >= 0.3 is 5.97 Å². The highest BCUT2D eigenvalue weighted by Gasteiger charge is 2.16. The van der Waals surface area contributed by atoms with Crippen LogP contribution in [0.1, 0.15) is 32.9 Å². The molecule has 0 atom stereocenters. The molecule has 0 amide bonds. The van der Waals surface area contributed by atoms with Crippen LogP contribution in [0.15, 0.2) is 27.2 Å². The Morgan fingerprint density at radius 2 is 2.16 bits per heavy atom. The Morgan fingerprint density at radius 3 is 2.74 bits per heavy atom. The number of carbonyl (C=O) groups excluding carboxylic acids is 1. The van der Waals surface area contributed by atoms with Crippen molar-refractivity contribution in [3.05, 3.63) is 50.8 Å². The Kier molecular flexibility index (Phi) is 4.04. The summed E-state index contributed by atoms with van der Waals surface area (Å²) in [5, 5.41) is 3.93. The van der Waals surface area contributed by atoms with Gasteiger partial charge in [0.2, 0.25) is 0 Å². The van der Waals surface area contributed by atoms with Crippen LogP contribution in [0, 0.1) is 13.8 Å². The largest absolute Gasteiger partial charge is 0.465 e. The van der Waals surface area contributed by atoms with Gasteiger partial charge in [-0.2, -0.15) is 0 Å². The van der Waals surface area contributed by atoms with Crippen LogP contribution in [0.2, 0.25) is 0 Å². The Hall–Kier alpha value is -1.62. The molecular weight excluding hydrogens is 310 g/mol. The summed E-state index contributed by atoms with van der Waals surface area (Å²) in [4.78, 5) is 11.8. The van der Waals surface area contributed by atoms with E-state index in [1.165, 1.54) is 7.11 Å². The smallest absolute Gasteiger partial charge is 0.338 e. The first-order valence-electron chi connectivity index (χ1n) is 5.81. The van der Waals surface area contributed by atoms with Crippen LogP contribution in [0.5, 0.6) is 0 Å². The van der Waals surface area contributed by atoms with Crippen LogP contribution in [0.3, 0.4) is 0 Å². The minimum absolute atomic E-state index is 0.339. The standard InChI is InChI=1S/C14H14BrNO3/c1-8-13(9(2)19-16-8)7-10-6-11(15)4-5-12(10)14(17)18-3/h4-6H,7H2,1-3H3. The molecule has 0 spiro atoms. The zero-order valence-electron chi connectivity index (χ0n) is 11.0. The summed E-state index contributed by atoms with van der Waals surface area (Å²) < 4.78 is 10.9. The fourth-order valence-electron chi connectivity index (χ4n) is 1.96. The zero-order chi connectivity index (χ0) is 14.0. The van der Waals surface area contributed by atoms with Gasteiger partial charge in [-0.3, -0.25) is 0 Å². The summed E-state index contributed by atoms with van der Waals surface area (Å²) in [6, 6.07) is 5.49. The molecular formula is C14H14BrNO3. The summed E-state index contributed by atoms with van der Waals surface area (Å²) >= 11 is 3.42. The topological polar surface area (TPSA) is 52.3 Å². The maximum atomic E-state index is 11.8. The van der Waals surface area contributed by atoms with E-state index in [4.69, 9.17) is 9.26 Å². The van der Waals surface area contributed by atoms with Crippen molar-refractivity contribution in [2.45, 2.75) is 20.3 Å².